The standard InChI is InChI=1S/C35H30N2O11/c1-3-44-35(43)27-25(31(38)39)26(36-20(2)37-27)29-30(48-34(42)23-17-11-6-12-18-23)28(47-33(41)22-15-9-5-10-16-22)24(46-29)19-45-32(40)21-13-7-4-8-14-21/h4-18,24,28-30H,3,19H2,1-2H3,(H,38,39)/t24-,28-,29+,30-/m1/s1. The van der Waals surface area contributed by atoms with Gasteiger partial charge in [-0.05, 0) is 50.2 Å². The van der Waals surface area contributed by atoms with Crippen LogP contribution in [0.5, 0.6) is 0 Å². The number of hydrogen-bond donors (Lipinski definition) is 1. The predicted octanol–water partition coefficient (Wildman–Crippen LogP) is 4.41. The number of aromatic carboxylic acids is 1. The van der Waals surface area contributed by atoms with Crippen molar-refractivity contribution in [2.24, 2.45) is 0 Å². The molecule has 0 spiro atoms. The number of carboxylic acids is 1. The molecule has 246 valence electrons. The Hall–Kier alpha value is -5.95. The number of ether oxygens (including phenoxy) is 5. The molecule has 1 aliphatic heterocycles. The lowest BCUT2D eigenvalue weighted by molar-refractivity contribution is -0.0452. The van der Waals surface area contributed by atoms with Gasteiger partial charge in [0.15, 0.2) is 17.9 Å². The summed E-state index contributed by atoms with van der Waals surface area (Å²) in [6.45, 7) is 2.39. The lowest BCUT2D eigenvalue weighted by Crippen LogP contribution is -2.41. The largest absolute Gasteiger partial charge is 0.478 e. The number of carbonyl (C=O) groups is 5. The van der Waals surface area contributed by atoms with E-state index in [1.54, 1.807) is 61.5 Å². The Bertz CT molecular complexity index is 1800. The van der Waals surface area contributed by atoms with Gasteiger partial charge in [0.05, 0.1) is 29.0 Å². The molecule has 1 aliphatic rings. The summed E-state index contributed by atoms with van der Waals surface area (Å²) >= 11 is 0. The molecule has 13 nitrogen and oxygen atoms in total. The zero-order chi connectivity index (χ0) is 34.2. The second-order valence-corrected chi connectivity index (χ2v) is 10.4. The Morgan fingerprint density at radius 3 is 1.69 bits per heavy atom. The van der Waals surface area contributed by atoms with E-state index in [1.165, 1.54) is 43.3 Å². The van der Waals surface area contributed by atoms with E-state index in [9.17, 15) is 29.1 Å². The fourth-order valence-electron chi connectivity index (χ4n) is 5.06. The maximum atomic E-state index is 13.5. The number of carboxylic acid groups (broad SMARTS) is 1. The van der Waals surface area contributed by atoms with Crippen LogP contribution in [0.3, 0.4) is 0 Å². The first-order chi connectivity index (χ1) is 23.2. The van der Waals surface area contributed by atoms with Gasteiger partial charge in [0.2, 0.25) is 0 Å². The van der Waals surface area contributed by atoms with Gasteiger partial charge in [0.25, 0.3) is 0 Å². The number of aromatic nitrogens is 2. The molecule has 4 aromatic rings. The molecular formula is C35H30N2O11. The number of aryl methyl sites for hydroxylation is 1. The highest BCUT2D eigenvalue weighted by molar-refractivity contribution is 6.02. The fraction of sp³-hybridized carbons (Fsp3) is 0.229. The third kappa shape index (κ3) is 7.53. The van der Waals surface area contributed by atoms with Crippen LogP contribution in [0.4, 0.5) is 0 Å². The van der Waals surface area contributed by atoms with Crippen LogP contribution >= 0.6 is 0 Å². The highest BCUT2D eigenvalue weighted by Crippen LogP contribution is 2.40. The molecule has 2 heterocycles. The second kappa shape index (κ2) is 15.1. The Balaban J connectivity index is 1.60. The van der Waals surface area contributed by atoms with Crippen LogP contribution in [0.2, 0.25) is 0 Å². The zero-order valence-electron chi connectivity index (χ0n) is 25.8. The normalized spacial score (nSPS) is 18.4. The van der Waals surface area contributed by atoms with Crippen LogP contribution in [0.1, 0.15) is 76.5 Å². The summed E-state index contributed by atoms with van der Waals surface area (Å²) in [6, 6.07) is 24.0. The molecule has 1 N–H and O–H groups in total. The molecule has 1 aromatic heterocycles. The van der Waals surface area contributed by atoms with E-state index in [0.717, 1.165) is 0 Å². The van der Waals surface area contributed by atoms with Gasteiger partial charge < -0.3 is 28.8 Å². The van der Waals surface area contributed by atoms with Gasteiger partial charge in [0, 0.05) is 0 Å². The molecule has 3 aromatic carbocycles. The van der Waals surface area contributed by atoms with Crippen molar-refractivity contribution < 1.29 is 52.8 Å². The van der Waals surface area contributed by atoms with Gasteiger partial charge in [-0.2, -0.15) is 0 Å². The molecule has 0 radical (unpaired) electrons. The molecule has 4 atom stereocenters. The third-order valence-corrected chi connectivity index (χ3v) is 7.20. The van der Waals surface area contributed by atoms with Crippen molar-refractivity contribution in [3.63, 3.8) is 0 Å². The molecule has 1 fully saturated rings. The van der Waals surface area contributed by atoms with Crippen molar-refractivity contribution in [2.75, 3.05) is 13.2 Å². The summed E-state index contributed by atoms with van der Waals surface area (Å²) in [4.78, 5) is 73.6. The molecule has 0 aliphatic carbocycles. The predicted molar refractivity (Wildman–Crippen MR) is 165 cm³/mol. The Kier molecular flexibility index (Phi) is 10.5. The zero-order valence-corrected chi connectivity index (χ0v) is 25.8. The van der Waals surface area contributed by atoms with E-state index in [2.05, 4.69) is 9.97 Å². The maximum absolute atomic E-state index is 13.5. The molecule has 1 saturated heterocycles. The molecule has 48 heavy (non-hydrogen) atoms. The molecule has 0 saturated carbocycles. The minimum atomic E-state index is -1.60. The first-order valence-corrected chi connectivity index (χ1v) is 14.9. The van der Waals surface area contributed by atoms with Gasteiger partial charge in [-0.25, -0.2) is 33.9 Å². The van der Waals surface area contributed by atoms with Crippen molar-refractivity contribution in [3.8, 4) is 0 Å². The summed E-state index contributed by atoms with van der Waals surface area (Å²) in [5.74, 6) is -5.05. The van der Waals surface area contributed by atoms with E-state index in [0.29, 0.717) is 0 Å². The van der Waals surface area contributed by atoms with Gasteiger partial charge in [-0.15, -0.1) is 0 Å². The van der Waals surface area contributed by atoms with Gasteiger partial charge in [-0.3, -0.25) is 0 Å². The van der Waals surface area contributed by atoms with Gasteiger partial charge >= 0.3 is 29.8 Å². The number of rotatable bonds is 11. The van der Waals surface area contributed by atoms with E-state index >= 15 is 0 Å². The summed E-state index contributed by atoms with van der Waals surface area (Å²) in [6.07, 6.45) is -5.85. The van der Waals surface area contributed by atoms with Crippen LogP contribution in [-0.4, -0.2) is 76.4 Å². The summed E-state index contributed by atoms with van der Waals surface area (Å²) in [5, 5.41) is 10.3. The fourth-order valence-corrected chi connectivity index (χ4v) is 5.06. The van der Waals surface area contributed by atoms with Crippen LogP contribution in [0, 0.1) is 6.92 Å². The molecule has 0 bridgehead atoms. The minimum Gasteiger partial charge on any atom is -0.478 e. The number of benzene rings is 3. The van der Waals surface area contributed by atoms with Crippen LogP contribution < -0.4 is 0 Å². The van der Waals surface area contributed by atoms with Crippen molar-refractivity contribution >= 4 is 29.8 Å². The second-order valence-electron chi connectivity index (χ2n) is 10.4. The average molecular weight is 655 g/mol. The molecular weight excluding hydrogens is 624 g/mol. The first-order valence-electron chi connectivity index (χ1n) is 14.9. The molecule has 0 amide bonds. The monoisotopic (exact) mass is 654 g/mol. The van der Waals surface area contributed by atoms with Crippen molar-refractivity contribution in [2.45, 2.75) is 38.3 Å². The Labute approximate surface area is 274 Å². The summed E-state index contributed by atoms with van der Waals surface area (Å²) < 4.78 is 28.6. The van der Waals surface area contributed by atoms with Crippen LogP contribution in [-0.2, 0) is 23.7 Å². The van der Waals surface area contributed by atoms with E-state index in [1.807, 2.05) is 0 Å². The highest BCUT2D eigenvalue weighted by Gasteiger charge is 2.53. The van der Waals surface area contributed by atoms with Crippen molar-refractivity contribution in [1.29, 1.82) is 0 Å². The van der Waals surface area contributed by atoms with Crippen LogP contribution in [0.25, 0.3) is 0 Å². The number of esters is 4. The highest BCUT2D eigenvalue weighted by atomic mass is 16.7. The number of hydrogen-bond acceptors (Lipinski definition) is 12. The molecule has 0 unspecified atom stereocenters. The SMILES string of the molecule is CCOC(=O)c1nc(C)nc([C@@H]2O[C@H](COC(=O)c3ccccc3)[C@@H](OC(=O)c3ccccc3)[C@H]2OC(=O)c2ccccc2)c1C(=O)O. The van der Waals surface area contributed by atoms with Gasteiger partial charge in [0.1, 0.15) is 30.2 Å². The maximum Gasteiger partial charge on any atom is 0.357 e. The molecule has 5 rings (SSSR count). The quantitative estimate of drug-likeness (QED) is 0.178. The lowest BCUT2D eigenvalue weighted by Gasteiger charge is -2.25. The van der Waals surface area contributed by atoms with E-state index in [-0.39, 0.29) is 34.8 Å². The van der Waals surface area contributed by atoms with E-state index in [4.69, 9.17) is 23.7 Å². The van der Waals surface area contributed by atoms with Crippen molar-refractivity contribution in [3.05, 3.63) is 130 Å². The lowest BCUT2D eigenvalue weighted by atomic mass is 9.99. The van der Waals surface area contributed by atoms with Crippen molar-refractivity contribution in [1.82, 2.24) is 9.97 Å². The van der Waals surface area contributed by atoms with Gasteiger partial charge in [-0.1, -0.05) is 54.6 Å². The number of carbonyl (C=O) groups excluding carboxylic acids is 4. The van der Waals surface area contributed by atoms with Crippen LogP contribution in [0.15, 0.2) is 91.0 Å². The topological polar surface area (TPSA) is 178 Å². The Morgan fingerprint density at radius 1 is 0.688 bits per heavy atom. The molecule has 13 heteroatoms. The van der Waals surface area contributed by atoms with E-state index < -0.39 is 72.1 Å². The summed E-state index contributed by atoms with van der Waals surface area (Å²) in [7, 11) is 0. The minimum absolute atomic E-state index is 0.0217. The number of nitrogens with zero attached hydrogens (tertiary/aromatic N) is 2. The average Bonchev–Trinajstić information content (AvgIpc) is 3.43. The Morgan fingerprint density at radius 2 is 1.19 bits per heavy atom. The third-order valence-electron chi connectivity index (χ3n) is 7.20. The first kappa shape index (κ1) is 33.4. The summed E-state index contributed by atoms with van der Waals surface area (Å²) in [5.41, 5.74) is -1.05. The smallest absolute Gasteiger partial charge is 0.357 e.